The molecule has 1 fully saturated rings. The van der Waals surface area contributed by atoms with E-state index in [0.29, 0.717) is 12.8 Å². The smallest absolute Gasteiger partial charge is 0.162 e. The largest absolute Gasteiger partial charge is 0.393 e. The van der Waals surface area contributed by atoms with Crippen LogP contribution >= 0.6 is 0 Å². The average molecular weight is 585 g/mol. The normalized spacial score (nSPS) is 27.7. The molecule has 0 aliphatic heterocycles. The van der Waals surface area contributed by atoms with Crippen molar-refractivity contribution in [1.82, 2.24) is 0 Å². The molecule has 0 aromatic rings. The fraction of sp³-hybridized carbons (Fsp3) is 0.475. The van der Waals surface area contributed by atoms with Gasteiger partial charge in [0.15, 0.2) is 5.78 Å². The van der Waals surface area contributed by atoms with Crippen LogP contribution in [-0.4, -0.2) is 28.2 Å². The Morgan fingerprint density at radius 3 is 1.63 bits per heavy atom. The van der Waals surface area contributed by atoms with Crippen molar-refractivity contribution in [1.29, 1.82) is 0 Å². The highest BCUT2D eigenvalue weighted by Gasteiger charge is 2.52. The SMILES string of the molecule is CC1=C(/C=C/C(C)=C/C=C/C(C)=C/C=C/C=C(C)/C=C/C=C(C)/C=C/C(=O)[C@]2(C)C[C@@H](O)CC2(C)C)C(C)(C)C[C@H](O)C1. The van der Waals surface area contributed by atoms with Gasteiger partial charge in [0, 0.05) is 5.41 Å². The first kappa shape index (κ1) is 36.2. The lowest BCUT2D eigenvalue weighted by Crippen LogP contribution is -2.36. The molecule has 3 atom stereocenters. The van der Waals surface area contributed by atoms with Gasteiger partial charge in [0.25, 0.3) is 0 Å². The van der Waals surface area contributed by atoms with Gasteiger partial charge in [0.1, 0.15) is 0 Å². The first-order valence-corrected chi connectivity index (χ1v) is 15.7. The molecule has 43 heavy (non-hydrogen) atoms. The maximum atomic E-state index is 12.9. The van der Waals surface area contributed by atoms with Crippen molar-refractivity contribution in [3.8, 4) is 0 Å². The number of rotatable bonds is 11. The number of carbonyl (C=O) groups excluding carboxylic acids is 1. The van der Waals surface area contributed by atoms with Crippen molar-refractivity contribution in [3.63, 3.8) is 0 Å². The van der Waals surface area contributed by atoms with Gasteiger partial charge in [-0.15, -0.1) is 0 Å². The molecule has 2 aliphatic carbocycles. The van der Waals surface area contributed by atoms with Crippen LogP contribution in [0.15, 0.2) is 119 Å². The highest BCUT2D eigenvalue weighted by atomic mass is 16.3. The van der Waals surface area contributed by atoms with E-state index in [-0.39, 0.29) is 22.7 Å². The van der Waals surface area contributed by atoms with Gasteiger partial charge in [-0.25, -0.2) is 0 Å². The third-order valence-corrected chi connectivity index (χ3v) is 9.18. The number of ketones is 1. The van der Waals surface area contributed by atoms with Crippen molar-refractivity contribution in [2.75, 3.05) is 0 Å². The third kappa shape index (κ3) is 10.9. The molecular weight excluding hydrogens is 528 g/mol. The standard InChI is InChI=1S/C40H56O3/c1-29(17-13-19-31(3)21-23-36-33(5)25-34(41)26-38(36,6)7)15-11-12-16-30(2)18-14-20-32(4)22-24-37(43)40(10)28-35(42)27-39(40,8)9/h11-24,34-35,41-42H,25-28H2,1-10H3/b12-11+,17-13+,18-14+,23-21+,24-22+,29-15+,30-16+,31-19+,32-20+/t34-,35+,40+/m1/s1. The molecule has 0 radical (unpaired) electrons. The van der Waals surface area contributed by atoms with E-state index in [1.165, 1.54) is 16.7 Å². The van der Waals surface area contributed by atoms with Crippen LogP contribution < -0.4 is 0 Å². The number of allylic oxidation sites excluding steroid dienone is 19. The molecule has 0 aromatic carbocycles. The van der Waals surface area contributed by atoms with Gasteiger partial charge in [-0.3, -0.25) is 4.79 Å². The summed E-state index contributed by atoms with van der Waals surface area (Å²) >= 11 is 0. The van der Waals surface area contributed by atoms with Gasteiger partial charge < -0.3 is 10.2 Å². The Morgan fingerprint density at radius 2 is 1.14 bits per heavy atom. The van der Waals surface area contributed by atoms with Crippen LogP contribution in [0.3, 0.4) is 0 Å². The minimum Gasteiger partial charge on any atom is -0.393 e. The van der Waals surface area contributed by atoms with Crippen LogP contribution in [0, 0.1) is 16.2 Å². The zero-order chi connectivity index (χ0) is 32.4. The van der Waals surface area contributed by atoms with Crippen molar-refractivity contribution in [2.45, 2.75) is 107 Å². The summed E-state index contributed by atoms with van der Waals surface area (Å²) in [5.74, 6) is 0.0853. The second-order valence-electron chi connectivity index (χ2n) is 14.2. The molecule has 0 heterocycles. The fourth-order valence-corrected chi connectivity index (χ4v) is 6.19. The maximum Gasteiger partial charge on any atom is 0.162 e. The van der Waals surface area contributed by atoms with Crippen LogP contribution in [0.1, 0.15) is 94.9 Å². The van der Waals surface area contributed by atoms with E-state index in [2.05, 4.69) is 97.9 Å². The molecule has 3 heteroatoms. The summed E-state index contributed by atoms with van der Waals surface area (Å²) in [6, 6.07) is 0. The van der Waals surface area contributed by atoms with Crippen LogP contribution in [0.25, 0.3) is 0 Å². The Morgan fingerprint density at radius 1 is 0.651 bits per heavy atom. The minimum atomic E-state index is -0.532. The van der Waals surface area contributed by atoms with Crippen molar-refractivity contribution in [3.05, 3.63) is 119 Å². The number of aliphatic hydroxyl groups excluding tert-OH is 2. The van der Waals surface area contributed by atoms with E-state index >= 15 is 0 Å². The second-order valence-corrected chi connectivity index (χ2v) is 14.2. The van der Waals surface area contributed by atoms with Gasteiger partial charge in [-0.1, -0.05) is 141 Å². The Hall–Kier alpha value is -3.01. The lowest BCUT2D eigenvalue weighted by atomic mass is 9.66. The monoisotopic (exact) mass is 584 g/mol. The number of aliphatic hydroxyl groups is 2. The fourth-order valence-electron chi connectivity index (χ4n) is 6.19. The maximum absolute atomic E-state index is 12.9. The summed E-state index contributed by atoms with van der Waals surface area (Å²) in [7, 11) is 0. The van der Waals surface area contributed by atoms with E-state index in [9.17, 15) is 15.0 Å². The van der Waals surface area contributed by atoms with Crippen molar-refractivity contribution >= 4 is 5.78 Å². The van der Waals surface area contributed by atoms with E-state index in [4.69, 9.17) is 0 Å². The summed E-state index contributed by atoms with van der Waals surface area (Å²) in [6.07, 6.45) is 30.6. The molecule has 0 bridgehead atoms. The number of hydrogen-bond donors (Lipinski definition) is 2. The molecule has 3 nitrogen and oxygen atoms in total. The molecular formula is C40H56O3. The molecule has 0 unspecified atom stereocenters. The average Bonchev–Trinajstić information content (AvgIpc) is 3.10. The predicted octanol–water partition coefficient (Wildman–Crippen LogP) is 9.81. The molecule has 0 spiro atoms. The van der Waals surface area contributed by atoms with Gasteiger partial charge in [0.2, 0.25) is 0 Å². The second kappa shape index (κ2) is 15.6. The van der Waals surface area contributed by atoms with Crippen LogP contribution in [-0.2, 0) is 4.79 Å². The first-order valence-electron chi connectivity index (χ1n) is 15.7. The summed E-state index contributed by atoms with van der Waals surface area (Å²) in [6.45, 7) is 20.9. The van der Waals surface area contributed by atoms with Gasteiger partial charge in [0.05, 0.1) is 12.2 Å². The zero-order valence-corrected chi connectivity index (χ0v) is 28.4. The quantitative estimate of drug-likeness (QED) is 0.188. The molecule has 0 aromatic heterocycles. The molecule has 0 amide bonds. The predicted molar refractivity (Wildman–Crippen MR) is 185 cm³/mol. The Kier molecular flexibility index (Phi) is 13.2. The first-order chi connectivity index (χ1) is 20.0. The van der Waals surface area contributed by atoms with E-state index < -0.39 is 11.5 Å². The Labute approximate surface area is 262 Å². The summed E-state index contributed by atoms with van der Waals surface area (Å²) in [5.41, 5.74) is 6.34. The van der Waals surface area contributed by atoms with E-state index in [1.807, 2.05) is 50.3 Å². The van der Waals surface area contributed by atoms with Gasteiger partial charge >= 0.3 is 0 Å². The highest BCUT2D eigenvalue weighted by Crippen LogP contribution is 2.53. The van der Waals surface area contributed by atoms with Gasteiger partial charge in [-0.05, 0) is 82.8 Å². The molecule has 1 saturated carbocycles. The van der Waals surface area contributed by atoms with E-state index in [0.717, 1.165) is 29.6 Å². The molecule has 2 N–H and O–H groups in total. The minimum absolute atomic E-state index is 0.00528. The van der Waals surface area contributed by atoms with Crippen LogP contribution in [0.5, 0.6) is 0 Å². The number of carbonyl (C=O) groups is 1. The molecule has 2 aliphatic rings. The summed E-state index contributed by atoms with van der Waals surface area (Å²) < 4.78 is 0. The third-order valence-electron chi connectivity index (χ3n) is 9.18. The zero-order valence-electron chi connectivity index (χ0n) is 28.4. The number of hydrogen-bond acceptors (Lipinski definition) is 3. The lowest BCUT2D eigenvalue weighted by Gasteiger charge is -2.35. The van der Waals surface area contributed by atoms with Gasteiger partial charge in [-0.2, -0.15) is 0 Å². The van der Waals surface area contributed by atoms with Crippen molar-refractivity contribution < 1.29 is 15.0 Å². The highest BCUT2D eigenvalue weighted by molar-refractivity contribution is 5.95. The van der Waals surface area contributed by atoms with E-state index in [1.54, 1.807) is 6.08 Å². The Balaban J connectivity index is 1.89. The molecule has 234 valence electrons. The van der Waals surface area contributed by atoms with Crippen molar-refractivity contribution in [2.24, 2.45) is 16.2 Å². The summed E-state index contributed by atoms with van der Waals surface area (Å²) in [4.78, 5) is 12.9. The molecule has 2 rings (SSSR count). The van der Waals surface area contributed by atoms with Crippen LogP contribution in [0.2, 0.25) is 0 Å². The summed E-state index contributed by atoms with van der Waals surface area (Å²) in [5, 5.41) is 20.2. The topological polar surface area (TPSA) is 57.5 Å². The Bertz CT molecular complexity index is 1310. The lowest BCUT2D eigenvalue weighted by molar-refractivity contribution is -0.127. The van der Waals surface area contributed by atoms with Crippen LogP contribution in [0.4, 0.5) is 0 Å². The molecule has 0 saturated heterocycles.